The van der Waals surface area contributed by atoms with Crippen LogP contribution in [0.4, 0.5) is 11.6 Å². The Morgan fingerprint density at radius 3 is 2.84 bits per heavy atom. The van der Waals surface area contributed by atoms with E-state index in [1.165, 1.54) is 0 Å². The molecule has 4 aromatic heterocycles. The van der Waals surface area contributed by atoms with E-state index in [0.717, 1.165) is 34.6 Å². The zero-order chi connectivity index (χ0) is 21.8. The smallest absolute Gasteiger partial charge is 0.163 e. The van der Waals surface area contributed by atoms with Crippen LogP contribution in [0.3, 0.4) is 0 Å². The van der Waals surface area contributed by atoms with Gasteiger partial charge in [0.15, 0.2) is 17.5 Å². The van der Waals surface area contributed by atoms with Gasteiger partial charge in [-0.15, -0.1) is 21.5 Å². The van der Waals surface area contributed by atoms with Crippen molar-refractivity contribution >= 4 is 29.2 Å². The molecule has 0 fully saturated rings. The average Bonchev–Trinajstić information content (AvgIpc) is 3.59. The second-order valence-electron chi connectivity index (χ2n) is 7.82. The van der Waals surface area contributed by atoms with Crippen LogP contribution in [0, 0.1) is 0 Å². The van der Waals surface area contributed by atoms with Gasteiger partial charge in [0.1, 0.15) is 28.9 Å². The van der Waals surface area contributed by atoms with E-state index in [0.29, 0.717) is 5.82 Å². The van der Waals surface area contributed by atoms with Crippen molar-refractivity contribution in [1.82, 2.24) is 44.5 Å². The van der Waals surface area contributed by atoms with Gasteiger partial charge in [0, 0.05) is 44.2 Å². The summed E-state index contributed by atoms with van der Waals surface area (Å²) < 4.78 is 3.76. The number of fused-ring (bicyclic) bond motifs is 3. The van der Waals surface area contributed by atoms with Gasteiger partial charge in [0.25, 0.3) is 0 Å². The molecule has 6 heterocycles. The Bertz CT molecular complexity index is 1290. The molecule has 0 bridgehead atoms. The van der Waals surface area contributed by atoms with E-state index in [1.807, 2.05) is 59.9 Å². The molecule has 0 amide bonds. The van der Waals surface area contributed by atoms with Crippen LogP contribution < -0.4 is 4.90 Å². The Labute approximate surface area is 188 Å². The molecule has 12 heteroatoms. The predicted molar refractivity (Wildman–Crippen MR) is 119 cm³/mol. The highest BCUT2D eigenvalue weighted by atomic mass is 32.1. The maximum Gasteiger partial charge on any atom is 0.163 e. The summed E-state index contributed by atoms with van der Waals surface area (Å²) in [6, 6.07) is 1.91. The Morgan fingerprint density at radius 1 is 1.19 bits per heavy atom. The quantitative estimate of drug-likeness (QED) is 0.470. The van der Waals surface area contributed by atoms with Crippen molar-refractivity contribution in [3.63, 3.8) is 0 Å². The number of hydrogen-bond donors (Lipinski definition) is 0. The summed E-state index contributed by atoms with van der Waals surface area (Å²) in [5, 5.41) is 22.6. The van der Waals surface area contributed by atoms with Crippen molar-refractivity contribution in [2.45, 2.75) is 31.3 Å². The molecule has 6 rings (SSSR count). The molecule has 0 aliphatic carbocycles. The van der Waals surface area contributed by atoms with Gasteiger partial charge in [0.2, 0.25) is 0 Å². The molecule has 2 unspecified atom stereocenters. The molecule has 11 nitrogen and oxygen atoms in total. The number of thiazole rings is 1. The largest absolute Gasteiger partial charge is 0.297 e. The number of anilines is 2. The monoisotopic (exact) mass is 447 g/mol. The van der Waals surface area contributed by atoms with E-state index in [4.69, 9.17) is 9.97 Å². The second kappa shape index (κ2) is 7.19. The SMILES string of the molecule is CC[C@@H]1c2nncn2-c2cnc(C3C=NN(C)C3c3nccs3)nc2N1c1ccn(C)n1. The fourth-order valence-electron chi connectivity index (χ4n) is 4.44. The fraction of sp³-hybridized carbons (Fsp3) is 0.350. The van der Waals surface area contributed by atoms with Crippen LogP contribution >= 0.6 is 11.3 Å². The van der Waals surface area contributed by atoms with Gasteiger partial charge in [0.05, 0.1) is 18.2 Å². The first-order valence-electron chi connectivity index (χ1n) is 10.4. The molecule has 0 radical (unpaired) electrons. The number of aromatic nitrogens is 8. The third kappa shape index (κ3) is 2.75. The molecule has 0 spiro atoms. The lowest BCUT2D eigenvalue weighted by atomic mass is 10.0. The van der Waals surface area contributed by atoms with E-state index in [2.05, 4.69) is 37.2 Å². The van der Waals surface area contributed by atoms with Gasteiger partial charge in [-0.1, -0.05) is 6.92 Å². The van der Waals surface area contributed by atoms with Crippen LogP contribution in [0.2, 0.25) is 0 Å². The lowest BCUT2D eigenvalue weighted by molar-refractivity contribution is 0.271. The molecule has 0 N–H and O–H groups in total. The predicted octanol–water partition coefficient (Wildman–Crippen LogP) is 2.61. The van der Waals surface area contributed by atoms with Crippen molar-refractivity contribution in [2.24, 2.45) is 12.1 Å². The van der Waals surface area contributed by atoms with E-state index < -0.39 is 0 Å². The van der Waals surface area contributed by atoms with Crippen LogP contribution in [0.5, 0.6) is 0 Å². The van der Waals surface area contributed by atoms with E-state index in [9.17, 15) is 0 Å². The highest BCUT2D eigenvalue weighted by Gasteiger charge is 2.39. The van der Waals surface area contributed by atoms with E-state index in [1.54, 1.807) is 22.3 Å². The minimum absolute atomic E-state index is 0.0348. The summed E-state index contributed by atoms with van der Waals surface area (Å²) in [6.45, 7) is 2.13. The first-order chi connectivity index (χ1) is 15.7. The van der Waals surface area contributed by atoms with Gasteiger partial charge in [-0.25, -0.2) is 15.0 Å². The molecule has 0 saturated heterocycles. The summed E-state index contributed by atoms with van der Waals surface area (Å²) >= 11 is 1.62. The van der Waals surface area contributed by atoms with Gasteiger partial charge >= 0.3 is 0 Å². The normalized spacial score (nSPS) is 21.8. The molecular weight excluding hydrogens is 426 g/mol. The van der Waals surface area contributed by atoms with Crippen LogP contribution in [-0.4, -0.2) is 57.8 Å². The minimum Gasteiger partial charge on any atom is -0.297 e. The number of hydrogen-bond acceptors (Lipinski definition) is 10. The van der Waals surface area contributed by atoms with Crippen LogP contribution in [0.1, 0.15) is 48.0 Å². The van der Waals surface area contributed by atoms with Crippen molar-refractivity contribution in [3.8, 4) is 5.69 Å². The zero-order valence-corrected chi connectivity index (χ0v) is 18.6. The lowest BCUT2D eigenvalue weighted by Gasteiger charge is -2.35. The number of rotatable bonds is 4. The standard InChI is InChI=1S/C20H21N11S/c1-4-13-19-26-23-11-30(19)14-10-22-17(25-18(14)31(13)15-5-7-28(2)27-15)12-9-24-29(3)16(12)20-21-6-8-32-20/h5-13,16H,4H2,1-3H3/t12?,13-,16?/m1/s1. The summed E-state index contributed by atoms with van der Waals surface area (Å²) in [5.41, 5.74) is 0.832. The third-order valence-electron chi connectivity index (χ3n) is 5.93. The van der Waals surface area contributed by atoms with Crippen LogP contribution in [0.15, 0.2) is 41.5 Å². The molecule has 2 aliphatic heterocycles. The van der Waals surface area contributed by atoms with Crippen molar-refractivity contribution < 1.29 is 0 Å². The summed E-state index contributed by atoms with van der Waals surface area (Å²) in [5.74, 6) is 3.04. The summed E-state index contributed by atoms with van der Waals surface area (Å²) in [6.07, 6.45) is 10.0. The second-order valence-corrected chi connectivity index (χ2v) is 8.74. The van der Waals surface area contributed by atoms with Crippen molar-refractivity contribution in [2.75, 3.05) is 11.9 Å². The first kappa shape index (κ1) is 19.0. The number of nitrogens with zero attached hydrogens (tertiary/aromatic N) is 11. The summed E-state index contributed by atoms with van der Waals surface area (Å²) in [7, 11) is 3.87. The Kier molecular flexibility index (Phi) is 4.28. The Morgan fingerprint density at radius 2 is 2.09 bits per heavy atom. The third-order valence-corrected chi connectivity index (χ3v) is 6.77. The maximum atomic E-state index is 5.08. The molecule has 4 aromatic rings. The van der Waals surface area contributed by atoms with E-state index >= 15 is 0 Å². The lowest BCUT2D eigenvalue weighted by Crippen LogP contribution is -2.33. The average molecular weight is 448 g/mol. The number of aryl methyl sites for hydroxylation is 1. The first-order valence-corrected chi connectivity index (χ1v) is 11.3. The van der Waals surface area contributed by atoms with Gasteiger partial charge in [-0.2, -0.15) is 10.2 Å². The molecule has 0 aromatic carbocycles. The van der Waals surface area contributed by atoms with Crippen molar-refractivity contribution in [3.05, 3.63) is 53.0 Å². The minimum atomic E-state index is -0.107. The Balaban J connectivity index is 1.51. The molecule has 0 saturated carbocycles. The topological polar surface area (TPSA) is 106 Å². The molecule has 162 valence electrons. The van der Waals surface area contributed by atoms with Gasteiger partial charge in [-0.05, 0) is 6.42 Å². The highest BCUT2D eigenvalue weighted by Crippen LogP contribution is 2.44. The van der Waals surface area contributed by atoms with Crippen LogP contribution in [0.25, 0.3) is 5.69 Å². The number of likely N-dealkylation sites (N-methyl/N-ethyl adjacent to an activating group) is 1. The van der Waals surface area contributed by atoms with E-state index in [-0.39, 0.29) is 18.0 Å². The van der Waals surface area contributed by atoms with Crippen LogP contribution in [-0.2, 0) is 7.05 Å². The fourth-order valence-corrected chi connectivity index (χ4v) is 5.26. The number of hydrazone groups is 1. The van der Waals surface area contributed by atoms with Gasteiger partial charge in [-0.3, -0.25) is 19.2 Å². The van der Waals surface area contributed by atoms with Crippen molar-refractivity contribution in [1.29, 1.82) is 0 Å². The van der Waals surface area contributed by atoms with Gasteiger partial charge < -0.3 is 0 Å². The molecule has 3 atom stereocenters. The molecule has 2 aliphatic rings. The molecular formula is C20H21N11S. The summed E-state index contributed by atoms with van der Waals surface area (Å²) in [4.78, 5) is 16.5. The zero-order valence-electron chi connectivity index (χ0n) is 17.8. The highest BCUT2D eigenvalue weighted by molar-refractivity contribution is 7.09. The maximum absolute atomic E-state index is 5.08. The molecule has 32 heavy (non-hydrogen) atoms. The Hall–Kier alpha value is -3.67.